The molecule has 1 saturated carbocycles. The summed E-state index contributed by atoms with van der Waals surface area (Å²) in [5.41, 5.74) is 3.37. The van der Waals surface area contributed by atoms with E-state index in [4.69, 9.17) is 19.6 Å². The number of aliphatic hydroxyl groups excluding tert-OH is 1. The highest BCUT2D eigenvalue weighted by Gasteiger charge is 2.36. The lowest BCUT2D eigenvalue weighted by Crippen LogP contribution is -2.37. The van der Waals surface area contributed by atoms with Crippen LogP contribution in [-0.2, 0) is 9.47 Å². The van der Waals surface area contributed by atoms with Gasteiger partial charge in [0.1, 0.15) is 13.5 Å². The summed E-state index contributed by atoms with van der Waals surface area (Å²) in [5.74, 6) is 0.924. The van der Waals surface area contributed by atoms with Gasteiger partial charge >= 0.3 is 0 Å². The molecule has 0 atom stereocenters. The van der Waals surface area contributed by atoms with E-state index < -0.39 is 21.7 Å². The quantitative estimate of drug-likeness (QED) is 0.0751. The molecule has 1 aromatic carbocycles. The second-order valence-corrected chi connectivity index (χ2v) is 27.4. The molecule has 0 bridgehead atoms. The number of halogens is 1. The van der Waals surface area contributed by atoms with Gasteiger partial charge in [0, 0.05) is 52.6 Å². The molecule has 4 aromatic rings. The molecule has 0 amide bonds. The monoisotopic (exact) mass is 742 g/mol. The number of anilines is 1. The SMILES string of the molecule is C[Si](C)(C)CCOCN(COCC[Si](C)(C)C)c1c(Br)c(C2CCC(O)(CO)CC2)nc2c(-c3cnn(-c4ccccc4)c3)cnn12. The van der Waals surface area contributed by atoms with Crippen molar-refractivity contribution in [2.45, 2.75) is 88.6 Å². The molecule has 13 heteroatoms. The third-order valence-electron chi connectivity index (χ3n) is 8.89. The fourth-order valence-electron chi connectivity index (χ4n) is 5.76. The topological polar surface area (TPSA) is 110 Å². The van der Waals surface area contributed by atoms with Crippen LogP contribution in [0.4, 0.5) is 5.82 Å². The van der Waals surface area contributed by atoms with Gasteiger partial charge in [-0.2, -0.15) is 14.7 Å². The van der Waals surface area contributed by atoms with Gasteiger partial charge in [-0.1, -0.05) is 57.5 Å². The van der Waals surface area contributed by atoms with E-state index in [0.717, 1.165) is 50.5 Å². The first-order chi connectivity index (χ1) is 22.3. The van der Waals surface area contributed by atoms with E-state index >= 15 is 0 Å². The van der Waals surface area contributed by atoms with Gasteiger partial charge in [0.15, 0.2) is 11.5 Å². The Balaban J connectivity index is 1.56. The van der Waals surface area contributed by atoms with E-state index in [0.29, 0.717) is 52.4 Å². The van der Waals surface area contributed by atoms with Crippen LogP contribution in [0, 0.1) is 0 Å². The molecule has 0 radical (unpaired) electrons. The van der Waals surface area contributed by atoms with E-state index in [1.54, 1.807) is 0 Å². The molecule has 3 heterocycles. The molecule has 1 aliphatic carbocycles. The predicted octanol–water partition coefficient (Wildman–Crippen LogP) is 7.16. The van der Waals surface area contributed by atoms with Crippen LogP contribution in [0.1, 0.15) is 37.3 Å². The Bertz CT molecular complexity index is 1590. The average molecular weight is 744 g/mol. The summed E-state index contributed by atoms with van der Waals surface area (Å²) in [6.07, 6.45) is 8.18. The minimum Gasteiger partial charge on any atom is -0.393 e. The number of aliphatic hydroxyl groups is 2. The Morgan fingerprint density at radius 3 is 2.13 bits per heavy atom. The van der Waals surface area contributed by atoms with Crippen molar-refractivity contribution in [2.24, 2.45) is 0 Å². The molecule has 0 unspecified atom stereocenters. The number of aromatic nitrogens is 5. The summed E-state index contributed by atoms with van der Waals surface area (Å²) in [5, 5.41) is 30.2. The maximum absolute atomic E-state index is 10.8. The Morgan fingerprint density at radius 2 is 1.55 bits per heavy atom. The molecule has 1 aliphatic rings. The number of benzene rings is 1. The predicted molar refractivity (Wildman–Crippen MR) is 197 cm³/mol. The molecular weight excluding hydrogens is 692 g/mol. The normalized spacial score (nSPS) is 19.0. The van der Waals surface area contributed by atoms with Gasteiger partial charge in [-0.25, -0.2) is 9.67 Å². The fraction of sp³-hybridized carbons (Fsp3) is 0.559. The minimum atomic E-state index is -1.27. The third kappa shape index (κ3) is 9.19. The van der Waals surface area contributed by atoms with Gasteiger partial charge in [-0.3, -0.25) is 0 Å². The summed E-state index contributed by atoms with van der Waals surface area (Å²) >= 11 is 3.98. The van der Waals surface area contributed by atoms with Crippen LogP contribution in [0.2, 0.25) is 51.4 Å². The van der Waals surface area contributed by atoms with Crippen molar-refractivity contribution >= 4 is 43.5 Å². The first-order valence-corrected chi connectivity index (χ1v) is 24.9. The van der Waals surface area contributed by atoms with Crippen LogP contribution in [0.15, 0.2) is 53.4 Å². The third-order valence-corrected chi connectivity index (χ3v) is 13.1. The van der Waals surface area contributed by atoms with Gasteiger partial charge in [0.25, 0.3) is 0 Å². The number of fused-ring (bicyclic) bond motifs is 1. The highest BCUT2D eigenvalue weighted by Crippen LogP contribution is 2.43. The molecule has 0 aliphatic heterocycles. The average Bonchev–Trinajstić information content (AvgIpc) is 3.68. The van der Waals surface area contributed by atoms with Crippen LogP contribution in [0.3, 0.4) is 0 Å². The highest BCUT2D eigenvalue weighted by atomic mass is 79.9. The van der Waals surface area contributed by atoms with Crippen molar-refractivity contribution in [3.63, 3.8) is 0 Å². The standard InChI is InChI=1S/C34H51BrN6O4Si2/c1-46(2,3)18-16-44-24-39(25-45-17-19-47(4,5)6)33-30(35)31(26-12-14-34(43,23-42)15-13-26)38-32-29(21-37-41(32)33)27-20-36-40(22-27)28-10-8-7-9-11-28/h7-11,20-22,26,42-43H,12-19,23-25H2,1-6H3. The van der Waals surface area contributed by atoms with Crippen LogP contribution in [0.5, 0.6) is 0 Å². The fourth-order valence-corrected chi connectivity index (χ4v) is 8.10. The lowest BCUT2D eigenvalue weighted by Gasteiger charge is -2.35. The number of para-hydroxylation sites is 1. The molecule has 0 saturated heterocycles. The van der Waals surface area contributed by atoms with Crippen molar-refractivity contribution in [2.75, 3.05) is 38.2 Å². The second-order valence-electron chi connectivity index (χ2n) is 15.3. The van der Waals surface area contributed by atoms with Crippen LogP contribution >= 0.6 is 15.9 Å². The molecule has 2 N–H and O–H groups in total. The van der Waals surface area contributed by atoms with E-state index in [1.807, 2.05) is 58.1 Å². The Labute approximate surface area is 289 Å². The van der Waals surface area contributed by atoms with E-state index in [9.17, 15) is 10.2 Å². The molecule has 256 valence electrons. The number of hydrogen-bond acceptors (Lipinski definition) is 8. The molecular formula is C34H51BrN6O4Si2. The summed E-state index contributed by atoms with van der Waals surface area (Å²) in [6, 6.07) is 12.2. The van der Waals surface area contributed by atoms with Crippen molar-refractivity contribution in [3.05, 3.63) is 59.1 Å². The van der Waals surface area contributed by atoms with Crippen LogP contribution in [0.25, 0.3) is 22.5 Å². The lowest BCUT2D eigenvalue weighted by molar-refractivity contribution is -0.0458. The zero-order valence-corrected chi connectivity index (χ0v) is 32.3. The molecule has 0 spiro atoms. The molecule has 10 nitrogen and oxygen atoms in total. The van der Waals surface area contributed by atoms with Gasteiger partial charge in [-0.05, 0) is 65.8 Å². The van der Waals surface area contributed by atoms with E-state index in [2.05, 4.69) is 65.2 Å². The molecule has 47 heavy (non-hydrogen) atoms. The highest BCUT2D eigenvalue weighted by molar-refractivity contribution is 9.10. The largest absolute Gasteiger partial charge is 0.393 e. The smallest absolute Gasteiger partial charge is 0.165 e. The zero-order valence-electron chi connectivity index (χ0n) is 28.7. The summed E-state index contributed by atoms with van der Waals surface area (Å²) in [6.45, 7) is 16.0. The summed E-state index contributed by atoms with van der Waals surface area (Å²) in [4.78, 5) is 7.38. The number of ether oxygens (including phenoxy) is 2. The van der Waals surface area contributed by atoms with Crippen molar-refractivity contribution in [1.82, 2.24) is 24.4 Å². The summed E-state index contributed by atoms with van der Waals surface area (Å²) < 4.78 is 17.3. The molecule has 3 aromatic heterocycles. The molecule has 1 fully saturated rings. The maximum atomic E-state index is 10.8. The van der Waals surface area contributed by atoms with Crippen LogP contribution in [-0.4, -0.2) is 89.6 Å². The number of rotatable bonds is 15. The van der Waals surface area contributed by atoms with E-state index in [1.165, 1.54) is 0 Å². The maximum Gasteiger partial charge on any atom is 0.165 e. The Kier molecular flexibility index (Phi) is 11.5. The Hall–Kier alpha value is -2.40. The Morgan fingerprint density at radius 1 is 0.936 bits per heavy atom. The van der Waals surface area contributed by atoms with Crippen LogP contribution < -0.4 is 4.90 Å². The number of hydrogen-bond donors (Lipinski definition) is 2. The lowest BCUT2D eigenvalue weighted by atomic mass is 9.78. The number of nitrogens with zero attached hydrogens (tertiary/aromatic N) is 6. The van der Waals surface area contributed by atoms with Gasteiger partial charge in [-0.15, -0.1) is 0 Å². The van der Waals surface area contributed by atoms with Crippen molar-refractivity contribution < 1.29 is 19.7 Å². The first-order valence-electron chi connectivity index (χ1n) is 16.7. The van der Waals surface area contributed by atoms with Crippen molar-refractivity contribution in [1.29, 1.82) is 0 Å². The second kappa shape index (κ2) is 15.0. The first kappa shape index (κ1) is 35.9. The minimum absolute atomic E-state index is 0.0946. The zero-order chi connectivity index (χ0) is 33.8. The van der Waals surface area contributed by atoms with Gasteiger partial charge in [0.2, 0.25) is 0 Å². The summed E-state index contributed by atoms with van der Waals surface area (Å²) in [7, 11) is -2.54. The van der Waals surface area contributed by atoms with Crippen molar-refractivity contribution in [3.8, 4) is 16.8 Å². The molecule has 5 rings (SSSR count). The van der Waals surface area contributed by atoms with Gasteiger partial charge < -0.3 is 24.6 Å². The van der Waals surface area contributed by atoms with E-state index in [-0.39, 0.29) is 12.5 Å². The van der Waals surface area contributed by atoms with Gasteiger partial charge in [0.05, 0.1) is 40.5 Å².